The van der Waals surface area contributed by atoms with Gasteiger partial charge in [-0.3, -0.25) is 9.10 Å². The second-order valence-corrected chi connectivity index (χ2v) is 8.49. The van der Waals surface area contributed by atoms with Crippen molar-refractivity contribution < 1.29 is 32.2 Å². The molecular weight excluding hydrogens is 424 g/mol. The number of carbonyl (C=O) groups excluding carboxylic acids is 2. The minimum Gasteiger partial charge on any atom is -0.493 e. The molecule has 1 amide bonds. The van der Waals surface area contributed by atoms with Gasteiger partial charge in [0.15, 0.2) is 11.5 Å². The fourth-order valence-electron chi connectivity index (χ4n) is 2.88. The number of methoxy groups -OCH3 is 3. The van der Waals surface area contributed by atoms with Crippen molar-refractivity contribution in [1.29, 1.82) is 0 Å². The van der Waals surface area contributed by atoms with E-state index in [1.807, 2.05) is 6.92 Å². The molecule has 2 rings (SSSR count). The van der Waals surface area contributed by atoms with Crippen LogP contribution in [0.2, 0.25) is 0 Å². The lowest BCUT2D eigenvalue weighted by Gasteiger charge is -2.22. The van der Waals surface area contributed by atoms with Gasteiger partial charge in [0.2, 0.25) is 15.9 Å². The number of rotatable bonds is 9. The van der Waals surface area contributed by atoms with Crippen molar-refractivity contribution in [1.82, 2.24) is 0 Å². The summed E-state index contributed by atoms with van der Waals surface area (Å²) in [5, 5.41) is 2.57. The van der Waals surface area contributed by atoms with Gasteiger partial charge in [-0.25, -0.2) is 13.2 Å². The number of amides is 1. The molecule has 10 heteroatoms. The summed E-state index contributed by atoms with van der Waals surface area (Å²) in [5.41, 5.74) is 1.53. The van der Waals surface area contributed by atoms with Gasteiger partial charge in [0.25, 0.3) is 0 Å². The third-order valence-corrected chi connectivity index (χ3v) is 5.66. The lowest BCUT2D eigenvalue weighted by atomic mass is 10.1. The predicted octanol–water partition coefficient (Wildman–Crippen LogP) is 2.46. The molecule has 0 aliphatic heterocycles. The van der Waals surface area contributed by atoms with Crippen LogP contribution in [0.5, 0.6) is 11.5 Å². The van der Waals surface area contributed by atoms with Crippen LogP contribution < -0.4 is 19.1 Å². The molecule has 0 aliphatic carbocycles. The Bertz CT molecular complexity index is 1050. The maximum absolute atomic E-state index is 12.7. The van der Waals surface area contributed by atoms with Crippen LogP contribution in [0, 0.1) is 0 Å². The fourth-order valence-corrected chi connectivity index (χ4v) is 3.74. The third-order valence-electron chi connectivity index (χ3n) is 4.52. The number of benzene rings is 2. The molecule has 0 aromatic heterocycles. The van der Waals surface area contributed by atoms with Gasteiger partial charge in [-0.1, -0.05) is 19.1 Å². The fraction of sp³-hybridized carbons (Fsp3) is 0.333. The van der Waals surface area contributed by atoms with Crippen LogP contribution in [-0.2, 0) is 26.0 Å². The first-order chi connectivity index (χ1) is 14.6. The van der Waals surface area contributed by atoms with Crippen LogP contribution in [-0.4, -0.2) is 54.4 Å². The molecule has 0 heterocycles. The predicted molar refractivity (Wildman–Crippen MR) is 118 cm³/mol. The smallest absolute Gasteiger partial charge is 0.340 e. The van der Waals surface area contributed by atoms with E-state index in [0.717, 1.165) is 22.5 Å². The van der Waals surface area contributed by atoms with Crippen LogP contribution in [0.4, 0.5) is 11.4 Å². The molecule has 0 atom stereocenters. The molecule has 0 bridgehead atoms. The Labute approximate surface area is 182 Å². The molecule has 0 radical (unpaired) electrons. The first-order valence-electron chi connectivity index (χ1n) is 9.35. The summed E-state index contributed by atoms with van der Waals surface area (Å²) in [5.74, 6) is -0.802. The maximum Gasteiger partial charge on any atom is 0.340 e. The normalized spacial score (nSPS) is 10.9. The monoisotopic (exact) mass is 450 g/mol. The van der Waals surface area contributed by atoms with Crippen molar-refractivity contribution in [2.24, 2.45) is 0 Å². The van der Waals surface area contributed by atoms with E-state index in [4.69, 9.17) is 14.2 Å². The van der Waals surface area contributed by atoms with Crippen LogP contribution in [0.25, 0.3) is 0 Å². The van der Waals surface area contributed by atoms with Crippen LogP contribution in [0.3, 0.4) is 0 Å². The van der Waals surface area contributed by atoms with Crippen LogP contribution in [0.1, 0.15) is 22.8 Å². The van der Waals surface area contributed by atoms with Crippen LogP contribution in [0.15, 0.2) is 36.4 Å². The summed E-state index contributed by atoms with van der Waals surface area (Å²) in [4.78, 5) is 24.9. The molecule has 2 aromatic carbocycles. The minimum atomic E-state index is -3.74. The number of carbonyl (C=O) groups is 2. The SMILES string of the molecule is CCc1ccc(N(CC(=O)Nc2cc(OC)c(OC)cc2C(=O)OC)S(C)(=O)=O)cc1. The highest BCUT2D eigenvalue weighted by Crippen LogP contribution is 2.34. The number of sulfonamides is 1. The molecule has 9 nitrogen and oxygen atoms in total. The van der Waals surface area contributed by atoms with Gasteiger partial charge in [0.05, 0.1) is 44.5 Å². The van der Waals surface area contributed by atoms with Gasteiger partial charge in [-0.05, 0) is 24.1 Å². The second kappa shape index (κ2) is 10.2. The summed E-state index contributed by atoms with van der Waals surface area (Å²) >= 11 is 0. The highest BCUT2D eigenvalue weighted by molar-refractivity contribution is 7.92. The van der Waals surface area contributed by atoms with Gasteiger partial charge in [0.1, 0.15) is 6.54 Å². The Morgan fingerprint density at radius 1 is 1.00 bits per heavy atom. The number of hydrogen-bond donors (Lipinski definition) is 1. The maximum atomic E-state index is 12.7. The number of nitrogens with one attached hydrogen (secondary N) is 1. The van der Waals surface area contributed by atoms with E-state index >= 15 is 0 Å². The molecule has 0 saturated heterocycles. The van der Waals surface area contributed by atoms with E-state index in [-0.39, 0.29) is 22.7 Å². The number of esters is 1. The molecule has 168 valence electrons. The summed E-state index contributed by atoms with van der Waals surface area (Å²) in [6.07, 6.45) is 1.82. The van der Waals surface area contributed by atoms with Gasteiger partial charge in [-0.2, -0.15) is 0 Å². The summed E-state index contributed by atoms with van der Waals surface area (Å²) in [7, 11) is 0.278. The number of nitrogens with zero attached hydrogens (tertiary/aromatic N) is 1. The Morgan fingerprint density at radius 2 is 1.58 bits per heavy atom. The average Bonchev–Trinajstić information content (AvgIpc) is 2.75. The lowest BCUT2D eigenvalue weighted by molar-refractivity contribution is -0.114. The molecule has 0 unspecified atom stereocenters. The third kappa shape index (κ3) is 5.88. The standard InChI is InChI=1S/C21H26N2O7S/c1-6-14-7-9-15(10-8-14)23(31(5,26)27)13-20(24)22-17-12-19(29-3)18(28-2)11-16(17)21(25)30-4/h7-12H,6,13H2,1-5H3,(H,22,24). The molecule has 1 N–H and O–H groups in total. The van der Waals surface area contributed by atoms with Gasteiger partial charge in [-0.15, -0.1) is 0 Å². The Balaban J connectivity index is 2.36. The zero-order valence-electron chi connectivity index (χ0n) is 18.1. The van der Waals surface area contributed by atoms with Gasteiger partial charge < -0.3 is 19.5 Å². The van der Waals surface area contributed by atoms with E-state index in [2.05, 4.69) is 5.32 Å². The van der Waals surface area contributed by atoms with Gasteiger partial charge in [0, 0.05) is 12.1 Å². The first kappa shape index (κ1) is 24.0. The summed E-state index contributed by atoms with van der Waals surface area (Å²) in [6, 6.07) is 9.67. The van der Waals surface area contributed by atoms with E-state index in [9.17, 15) is 18.0 Å². The highest BCUT2D eigenvalue weighted by Gasteiger charge is 2.23. The van der Waals surface area contributed by atoms with E-state index < -0.39 is 28.4 Å². The number of anilines is 2. The molecule has 31 heavy (non-hydrogen) atoms. The Hall–Kier alpha value is -3.27. The van der Waals surface area contributed by atoms with Crippen molar-refractivity contribution in [3.05, 3.63) is 47.5 Å². The summed E-state index contributed by atoms with van der Waals surface area (Å²) in [6.45, 7) is 1.50. The van der Waals surface area contributed by atoms with Crippen molar-refractivity contribution >= 4 is 33.3 Å². The topological polar surface area (TPSA) is 111 Å². The Kier molecular flexibility index (Phi) is 7.87. The van der Waals surface area contributed by atoms with E-state index in [1.54, 1.807) is 24.3 Å². The number of aryl methyl sites for hydroxylation is 1. The Morgan fingerprint density at radius 3 is 2.06 bits per heavy atom. The quantitative estimate of drug-likeness (QED) is 0.584. The van der Waals surface area contributed by atoms with Crippen LogP contribution >= 0.6 is 0 Å². The minimum absolute atomic E-state index is 0.0340. The molecular formula is C21H26N2O7S. The van der Waals surface area contributed by atoms with Crippen molar-refractivity contribution in [2.45, 2.75) is 13.3 Å². The molecule has 0 spiro atoms. The number of hydrogen-bond acceptors (Lipinski definition) is 7. The van der Waals surface area contributed by atoms with Crippen molar-refractivity contribution in [3.8, 4) is 11.5 Å². The zero-order valence-corrected chi connectivity index (χ0v) is 18.9. The van der Waals surface area contributed by atoms with Crippen molar-refractivity contribution in [2.75, 3.05) is 43.8 Å². The lowest BCUT2D eigenvalue weighted by Crippen LogP contribution is -2.37. The van der Waals surface area contributed by atoms with Crippen molar-refractivity contribution in [3.63, 3.8) is 0 Å². The largest absolute Gasteiger partial charge is 0.493 e. The molecule has 0 aliphatic rings. The van der Waals surface area contributed by atoms with E-state index in [0.29, 0.717) is 5.69 Å². The molecule has 0 fully saturated rings. The van der Waals surface area contributed by atoms with E-state index in [1.165, 1.54) is 33.5 Å². The second-order valence-electron chi connectivity index (χ2n) is 6.58. The number of ether oxygens (including phenoxy) is 3. The highest BCUT2D eigenvalue weighted by atomic mass is 32.2. The summed E-state index contributed by atoms with van der Waals surface area (Å²) < 4.78 is 40.8. The van der Waals surface area contributed by atoms with Gasteiger partial charge >= 0.3 is 5.97 Å². The molecule has 2 aromatic rings. The molecule has 0 saturated carbocycles. The first-order valence-corrected chi connectivity index (χ1v) is 11.2. The zero-order chi connectivity index (χ0) is 23.2. The average molecular weight is 451 g/mol.